The van der Waals surface area contributed by atoms with Gasteiger partial charge < -0.3 is 15.1 Å². The molecule has 0 heterocycles. The fourth-order valence-electron chi connectivity index (χ4n) is 0.901. The van der Waals surface area contributed by atoms with E-state index in [-0.39, 0.29) is 6.04 Å². The summed E-state index contributed by atoms with van der Waals surface area (Å²) in [5.41, 5.74) is 0. The largest absolute Gasteiger partial charge is 0.465 e. The molecule has 0 aliphatic rings. The molecule has 12 heavy (non-hydrogen) atoms. The lowest BCUT2D eigenvalue weighted by Crippen LogP contribution is -2.37. The van der Waals surface area contributed by atoms with E-state index in [1.807, 2.05) is 13.8 Å². The zero-order valence-corrected chi connectivity index (χ0v) is 7.82. The van der Waals surface area contributed by atoms with Crippen LogP contribution in [0.5, 0.6) is 0 Å². The van der Waals surface area contributed by atoms with E-state index in [0.29, 0.717) is 13.0 Å². The highest BCUT2D eigenvalue weighted by Gasteiger charge is 2.15. The predicted octanol–water partition coefficient (Wildman–Crippen LogP) is 1.15. The van der Waals surface area contributed by atoms with Crippen LogP contribution in [-0.2, 0) is 0 Å². The summed E-state index contributed by atoms with van der Waals surface area (Å²) >= 11 is 0. The molecule has 0 aliphatic heterocycles. The molecular weight excluding hydrogens is 158 g/mol. The van der Waals surface area contributed by atoms with Gasteiger partial charge in [-0.25, -0.2) is 4.79 Å². The number of aliphatic hydroxyl groups excluding tert-OH is 1. The number of hydrogen-bond donors (Lipinski definition) is 2. The first-order chi connectivity index (χ1) is 5.45. The summed E-state index contributed by atoms with van der Waals surface area (Å²) in [7, 11) is 0. The molecule has 0 spiro atoms. The van der Waals surface area contributed by atoms with Gasteiger partial charge in [0, 0.05) is 12.6 Å². The number of aliphatic hydroxyl groups is 1. The molecule has 72 valence electrons. The first-order valence-electron chi connectivity index (χ1n) is 4.12. The number of carbonyl (C=O) groups is 1. The van der Waals surface area contributed by atoms with Gasteiger partial charge in [-0.2, -0.15) is 0 Å². The fraction of sp³-hybridized carbons (Fsp3) is 0.875. The van der Waals surface area contributed by atoms with Crippen molar-refractivity contribution in [1.82, 2.24) is 4.90 Å². The number of carboxylic acid groups (broad SMARTS) is 1. The van der Waals surface area contributed by atoms with Crippen LogP contribution in [-0.4, -0.2) is 39.9 Å². The minimum absolute atomic E-state index is 0.0266. The Labute approximate surface area is 72.8 Å². The topological polar surface area (TPSA) is 60.8 Å². The van der Waals surface area contributed by atoms with E-state index in [1.165, 1.54) is 4.90 Å². The Hall–Kier alpha value is -0.770. The van der Waals surface area contributed by atoms with E-state index >= 15 is 0 Å². The lowest BCUT2D eigenvalue weighted by molar-refractivity contribution is 0.115. The van der Waals surface area contributed by atoms with Gasteiger partial charge in [0.05, 0.1) is 6.10 Å². The number of nitrogens with zero attached hydrogens (tertiary/aromatic N) is 1. The predicted molar refractivity (Wildman–Crippen MR) is 46.2 cm³/mol. The molecule has 1 amide bonds. The maximum absolute atomic E-state index is 10.6. The zero-order chi connectivity index (χ0) is 9.72. The van der Waals surface area contributed by atoms with Crippen LogP contribution in [0.4, 0.5) is 4.79 Å². The summed E-state index contributed by atoms with van der Waals surface area (Å²) in [4.78, 5) is 11.9. The maximum atomic E-state index is 10.6. The summed E-state index contributed by atoms with van der Waals surface area (Å²) in [6.07, 6.45) is -0.874. The third kappa shape index (κ3) is 4.18. The highest BCUT2D eigenvalue weighted by atomic mass is 16.4. The summed E-state index contributed by atoms with van der Waals surface area (Å²) in [5, 5.41) is 17.6. The average molecular weight is 175 g/mol. The summed E-state index contributed by atoms with van der Waals surface area (Å²) in [6, 6.07) is -0.0266. The molecule has 0 saturated carbocycles. The minimum Gasteiger partial charge on any atom is -0.465 e. The van der Waals surface area contributed by atoms with Crippen LogP contribution in [0.3, 0.4) is 0 Å². The normalized spacial score (nSPS) is 13.1. The van der Waals surface area contributed by atoms with Crippen molar-refractivity contribution in [3.8, 4) is 0 Å². The molecule has 0 saturated heterocycles. The van der Waals surface area contributed by atoms with E-state index < -0.39 is 12.2 Å². The fourth-order valence-corrected chi connectivity index (χ4v) is 0.901. The quantitative estimate of drug-likeness (QED) is 0.673. The Balaban J connectivity index is 3.88. The molecule has 0 bridgehead atoms. The van der Waals surface area contributed by atoms with Gasteiger partial charge in [-0.3, -0.25) is 0 Å². The average Bonchev–Trinajstić information content (AvgIpc) is 1.84. The van der Waals surface area contributed by atoms with Crippen LogP contribution in [0.15, 0.2) is 0 Å². The zero-order valence-electron chi connectivity index (χ0n) is 7.82. The first kappa shape index (κ1) is 11.2. The Morgan fingerprint density at radius 2 is 1.92 bits per heavy atom. The smallest absolute Gasteiger partial charge is 0.407 e. The highest BCUT2D eigenvalue weighted by Crippen LogP contribution is 2.01. The maximum Gasteiger partial charge on any atom is 0.407 e. The summed E-state index contributed by atoms with van der Waals surface area (Å²) in [6.45, 7) is 5.68. The lowest BCUT2D eigenvalue weighted by atomic mass is 10.2. The SMILES string of the molecule is CC(O)CCN(C(=O)O)C(C)C. The number of amides is 1. The monoisotopic (exact) mass is 175 g/mol. The van der Waals surface area contributed by atoms with Crippen LogP contribution in [0.25, 0.3) is 0 Å². The van der Waals surface area contributed by atoms with E-state index in [1.54, 1.807) is 6.92 Å². The van der Waals surface area contributed by atoms with Crippen LogP contribution >= 0.6 is 0 Å². The van der Waals surface area contributed by atoms with Crippen molar-refractivity contribution in [2.75, 3.05) is 6.54 Å². The Morgan fingerprint density at radius 1 is 1.42 bits per heavy atom. The Kier molecular flexibility index (Phi) is 4.66. The second-order valence-corrected chi connectivity index (χ2v) is 3.21. The molecule has 0 aliphatic carbocycles. The molecule has 0 aromatic carbocycles. The molecule has 0 radical (unpaired) electrons. The molecule has 0 aromatic heterocycles. The highest BCUT2D eigenvalue weighted by molar-refractivity contribution is 5.65. The van der Waals surface area contributed by atoms with Gasteiger partial charge in [-0.1, -0.05) is 0 Å². The second-order valence-electron chi connectivity index (χ2n) is 3.21. The molecule has 4 heteroatoms. The third-order valence-electron chi connectivity index (χ3n) is 1.66. The number of hydrogen-bond acceptors (Lipinski definition) is 2. The van der Waals surface area contributed by atoms with Gasteiger partial charge in [0.1, 0.15) is 0 Å². The molecule has 0 aromatic rings. The van der Waals surface area contributed by atoms with Crippen LogP contribution in [0.2, 0.25) is 0 Å². The van der Waals surface area contributed by atoms with Crippen molar-refractivity contribution in [2.24, 2.45) is 0 Å². The molecule has 0 rings (SSSR count). The van der Waals surface area contributed by atoms with Crippen molar-refractivity contribution in [3.05, 3.63) is 0 Å². The second kappa shape index (κ2) is 4.98. The van der Waals surface area contributed by atoms with E-state index in [0.717, 1.165) is 0 Å². The summed E-state index contributed by atoms with van der Waals surface area (Å²) < 4.78 is 0. The van der Waals surface area contributed by atoms with E-state index in [4.69, 9.17) is 10.2 Å². The van der Waals surface area contributed by atoms with Crippen LogP contribution in [0.1, 0.15) is 27.2 Å². The van der Waals surface area contributed by atoms with Gasteiger partial charge in [0.15, 0.2) is 0 Å². The molecule has 1 atom stereocenters. The minimum atomic E-state index is -0.925. The summed E-state index contributed by atoms with van der Waals surface area (Å²) in [5.74, 6) is 0. The molecular formula is C8H17NO3. The molecule has 2 N–H and O–H groups in total. The van der Waals surface area contributed by atoms with Crippen molar-refractivity contribution in [3.63, 3.8) is 0 Å². The van der Waals surface area contributed by atoms with Gasteiger partial charge in [-0.15, -0.1) is 0 Å². The Morgan fingerprint density at radius 3 is 2.17 bits per heavy atom. The van der Waals surface area contributed by atoms with Gasteiger partial charge >= 0.3 is 6.09 Å². The van der Waals surface area contributed by atoms with Crippen molar-refractivity contribution < 1.29 is 15.0 Å². The van der Waals surface area contributed by atoms with E-state index in [2.05, 4.69) is 0 Å². The van der Waals surface area contributed by atoms with Crippen LogP contribution in [0, 0.1) is 0 Å². The van der Waals surface area contributed by atoms with Crippen molar-refractivity contribution >= 4 is 6.09 Å². The lowest BCUT2D eigenvalue weighted by Gasteiger charge is -2.23. The molecule has 1 unspecified atom stereocenters. The van der Waals surface area contributed by atoms with Gasteiger partial charge in [0.2, 0.25) is 0 Å². The first-order valence-corrected chi connectivity index (χ1v) is 4.12. The standard InChI is InChI=1S/C8H17NO3/c1-6(2)9(8(11)12)5-4-7(3)10/h6-7,10H,4-5H2,1-3H3,(H,11,12). The van der Waals surface area contributed by atoms with Crippen LogP contribution < -0.4 is 0 Å². The van der Waals surface area contributed by atoms with Gasteiger partial charge in [-0.05, 0) is 27.2 Å². The van der Waals surface area contributed by atoms with Gasteiger partial charge in [0.25, 0.3) is 0 Å². The molecule has 0 fully saturated rings. The number of rotatable bonds is 4. The van der Waals surface area contributed by atoms with Crippen molar-refractivity contribution in [1.29, 1.82) is 0 Å². The molecule has 4 nitrogen and oxygen atoms in total. The Bertz CT molecular complexity index is 145. The van der Waals surface area contributed by atoms with Crippen molar-refractivity contribution in [2.45, 2.75) is 39.3 Å². The third-order valence-corrected chi connectivity index (χ3v) is 1.66. The van der Waals surface area contributed by atoms with E-state index in [9.17, 15) is 4.79 Å².